The van der Waals surface area contributed by atoms with Gasteiger partial charge in [0.15, 0.2) is 0 Å². The molecule has 0 rings (SSSR count). The van der Waals surface area contributed by atoms with E-state index in [2.05, 4.69) is 12.2 Å². The summed E-state index contributed by atoms with van der Waals surface area (Å²) < 4.78 is 10.4. The van der Waals surface area contributed by atoms with Crippen molar-refractivity contribution in [3.63, 3.8) is 0 Å². The van der Waals surface area contributed by atoms with E-state index in [1.54, 1.807) is 11.8 Å². The molecule has 0 spiro atoms. The average molecular weight is 348 g/mol. The van der Waals surface area contributed by atoms with Crippen LogP contribution in [0.5, 0.6) is 0 Å². The number of alkyl carbamates (subject to hydrolysis) is 1. The molecule has 0 aliphatic heterocycles. The zero-order valence-corrected chi connectivity index (χ0v) is 15.9. The zero-order valence-electron chi connectivity index (χ0n) is 15.1. The number of rotatable bonds is 13. The molecule has 0 heterocycles. The van der Waals surface area contributed by atoms with E-state index in [1.807, 2.05) is 20.1 Å². The van der Waals surface area contributed by atoms with Gasteiger partial charge >= 0.3 is 12.1 Å². The second-order valence-electron chi connectivity index (χ2n) is 6.05. The minimum atomic E-state index is -0.627. The Hall–Kier alpha value is -0.910. The van der Waals surface area contributed by atoms with Crippen LogP contribution in [0.4, 0.5) is 4.79 Å². The third-order valence-corrected chi connectivity index (χ3v) is 3.87. The smallest absolute Gasteiger partial charge is 0.407 e. The molecule has 0 unspecified atom stereocenters. The Kier molecular flexibility index (Phi) is 14.1. The van der Waals surface area contributed by atoms with Gasteiger partial charge in [0.25, 0.3) is 0 Å². The highest BCUT2D eigenvalue weighted by Crippen LogP contribution is 2.06. The highest BCUT2D eigenvalue weighted by atomic mass is 32.2. The molecule has 0 saturated carbocycles. The molecule has 0 bridgehead atoms. The molecule has 5 nitrogen and oxygen atoms in total. The minimum Gasteiger partial charge on any atom is -0.464 e. The quantitative estimate of drug-likeness (QED) is 0.403. The Bertz CT molecular complexity index is 324. The first kappa shape index (κ1) is 22.1. The van der Waals surface area contributed by atoms with Crippen LogP contribution in [0.1, 0.15) is 59.3 Å². The number of ether oxygens (including phenoxy) is 2. The molecule has 1 atom stereocenters. The molecule has 0 fully saturated rings. The van der Waals surface area contributed by atoms with E-state index in [0.29, 0.717) is 19.6 Å². The first-order valence-electron chi connectivity index (χ1n) is 8.60. The molecular formula is C17H33NO4S. The average Bonchev–Trinajstić information content (AvgIpc) is 2.52. The van der Waals surface area contributed by atoms with Gasteiger partial charge in [-0.2, -0.15) is 11.8 Å². The summed E-state index contributed by atoms with van der Waals surface area (Å²) in [5, 5.41) is 2.62. The number of amides is 1. The van der Waals surface area contributed by atoms with E-state index in [9.17, 15) is 9.59 Å². The largest absolute Gasteiger partial charge is 0.464 e. The fourth-order valence-electron chi connectivity index (χ4n) is 1.89. The lowest BCUT2D eigenvalue weighted by Gasteiger charge is -2.17. The lowest BCUT2D eigenvalue weighted by atomic mass is 10.2. The predicted molar refractivity (Wildman–Crippen MR) is 95.8 cm³/mol. The first-order chi connectivity index (χ1) is 11.0. The number of thioether (sulfide) groups is 1. The number of esters is 1. The lowest BCUT2D eigenvalue weighted by Crippen LogP contribution is -2.43. The Labute approximate surface area is 145 Å². The van der Waals surface area contributed by atoms with Gasteiger partial charge in [0.2, 0.25) is 0 Å². The monoisotopic (exact) mass is 347 g/mol. The Morgan fingerprint density at radius 3 is 2.39 bits per heavy atom. The fourth-order valence-corrected chi connectivity index (χ4v) is 2.36. The van der Waals surface area contributed by atoms with E-state index in [1.165, 1.54) is 19.3 Å². The number of unbranched alkanes of at least 4 members (excludes halogenated alkanes) is 4. The summed E-state index contributed by atoms with van der Waals surface area (Å²) in [5.74, 6) is 0.678. The number of carbonyl (C=O) groups is 2. The van der Waals surface area contributed by atoms with Crippen molar-refractivity contribution in [1.29, 1.82) is 0 Å². The van der Waals surface area contributed by atoms with E-state index in [-0.39, 0.29) is 11.9 Å². The molecule has 0 aliphatic rings. The Balaban J connectivity index is 4.13. The molecule has 1 amide bonds. The van der Waals surface area contributed by atoms with Crippen molar-refractivity contribution in [3.8, 4) is 0 Å². The molecule has 6 heteroatoms. The van der Waals surface area contributed by atoms with Crippen molar-refractivity contribution in [2.24, 2.45) is 5.92 Å². The van der Waals surface area contributed by atoms with Crippen LogP contribution >= 0.6 is 11.8 Å². The topological polar surface area (TPSA) is 64.6 Å². The van der Waals surface area contributed by atoms with Crippen molar-refractivity contribution in [3.05, 3.63) is 0 Å². The number of carbonyl (C=O) groups excluding carboxylic acids is 2. The van der Waals surface area contributed by atoms with Gasteiger partial charge in [-0.25, -0.2) is 9.59 Å². The van der Waals surface area contributed by atoms with Gasteiger partial charge in [-0.15, -0.1) is 0 Å². The molecular weight excluding hydrogens is 314 g/mol. The summed E-state index contributed by atoms with van der Waals surface area (Å²) in [4.78, 5) is 23.8. The van der Waals surface area contributed by atoms with E-state index >= 15 is 0 Å². The molecule has 0 saturated heterocycles. The van der Waals surface area contributed by atoms with Crippen LogP contribution in [-0.2, 0) is 14.3 Å². The van der Waals surface area contributed by atoms with Crippen LogP contribution in [0.25, 0.3) is 0 Å². The van der Waals surface area contributed by atoms with Gasteiger partial charge in [0.1, 0.15) is 6.04 Å². The van der Waals surface area contributed by atoms with Crippen LogP contribution in [0.15, 0.2) is 0 Å². The van der Waals surface area contributed by atoms with Crippen molar-refractivity contribution in [1.82, 2.24) is 5.32 Å². The fraction of sp³-hybridized carbons (Fsp3) is 0.882. The highest BCUT2D eigenvalue weighted by Gasteiger charge is 2.22. The summed E-state index contributed by atoms with van der Waals surface area (Å²) in [6.45, 7) is 6.85. The molecule has 136 valence electrons. The van der Waals surface area contributed by atoms with Crippen molar-refractivity contribution in [2.75, 3.05) is 25.2 Å². The second-order valence-corrected chi connectivity index (χ2v) is 7.04. The van der Waals surface area contributed by atoms with E-state index in [4.69, 9.17) is 9.47 Å². The minimum absolute atomic E-state index is 0.264. The number of nitrogens with one attached hydrogen (secondary N) is 1. The second kappa shape index (κ2) is 14.7. The molecule has 1 N–H and O–H groups in total. The van der Waals surface area contributed by atoms with Crippen LogP contribution in [0.3, 0.4) is 0 Å². The third-order valence-electron chi connectivity index (χ3n) is 3.23. The Morgan fingerprint density at radius 2 is 1.78 bits per heavy atom. The van der Waals surface area contributed by atoms with Crippen molar-refractivity contribution < 1.29 is 19.1 Å². The first-order valence-corrected chi connectivity index (χ1v) is 9.99. The molecule has 0 radical (unpaired) electrons. The molecule has 0 aromatic heterocycles. The normalized spacial score (nSPS) is 12.0. The van der Waals surface area contributed by atoms with Crippen molar-refractivity contribution >= 4 is 23.8 Å². The van der Waals surface area contributed by atoms with Gasteiger partial charge in [-0.1, -0.05) is 46.5 Å². The number of hydrogen-bond donors (Lipinski definition) is 1. The summed E-state index contributed by atoms with van der Waals surface area (Å²) in [7, 11) is 0. The summed E-state index contributed by atoms with van der Waals surface area (Å²) in [6, 6.07) is -0.627. The maximum absolute atomic E-state index is 12.1. The SMILES string of the molecule is CCCCCCCOC(=O)[C@H](CCSC)NC(=O)OCC(C)C. The summed E-state index contributed by atoms with van der Waals surface area (Å²) in [6.07, 6.45) is 7.49. The van der Waals surface area contributed by atoms with Gasteiger partial charge in [0, 0.05) is 0 Å². The zero-order chi connectivity index (χ0) is 17.5. The van der Waals surface area contributed by atoms with Crippen LogP contribution in [0, 0.1) is 5.92 Å². The van der Waals surface area contributed by atoms with Gasteiger partial charge < -0.3 is 14.8 Å². The highest BCUT2D eigenvalue weighted by molar-refractivity contribution is 7.98. The predicted octanol–water partition coefficient (Wildman–Crippen LogP) is 4.00. The molecule has 0 aromatic rings. The van der Waals surface area contributed by atoms with Crippen LogP contribution in [0.2, 0.25) is 0 Å². The van der Waals surface area contributed by atoms with Crippen molar-refractivity contribution in [2.45, 2.75) is 65.3 Å². The molecule has 23 heavy (non-hydrogen) atoms. The summed E-state index contributed by atoms with van der Waals surface area (Å²) in [5.41, 5.74) is 0. The van der Waals surface area contributed by atoms with Gasteiger partial charge in [0.05, 0.1) is 13.2 Å². The molecule has 0 aliphatic carbocycles. The van der Waals surface area contributed by atoms with Gasteiger partial charge in [-0.05, 0) is 30.8 Å². The standard InChI is InChI=1S/C17H33NO4S/c1-5-6-7-8-9-11-21-16(19)15(10-12-23-4)18-17(20)22-13-14(2)3/h14-15H,5-13H2,1-4H3,(H,18,20)/t15-/m0/s1. The Morgan fingerprint density at radius 1 is 1.09 bits per heavy atom. The summed E-state index contributed by atoms with van der Waals surface area (Å²) >= 11 is 1.63. The molecule has 0 aromatic carbocycles. The van der Waals surface area contributed by atoms with E-state index in [0.717, 1.165) is 18.6 Å². The number of hydrogen-bond acceptors (Lipinski definition) is 5. The van der Waals surface area contributed by atoms with Gasteiger partial charge in [-0.3, -0.25) is 0 Å². The maximum Gasteiger partial charge on any atom is 0.407 e. The maximum atomic E-state index is 12.1. The van der Waals surface area contributed by atoms with Crippen LogP contribution in [-0.4, -0.2) is 43.3 Å². The lowest BCUT2D eigenvalue weighted by molar-refractivity contribution is -0.146. The van der Waals surface area contributed by atoms with Crippen LogP contribution < -0.4 is 5.32 Å². The van der Waals surface area contributed by atoms with E-state index < -0.39 is 12.1 Å². The third kappa shape index (κ3) is 13.2.